The summed E-state index contributed by atoms with van der Waals surface area (Å²) < 4.78 is 4.11. The van der Waals surface area contributed by atoms with Crippen LogP contribution in [0, 0.1) is 10.1 Å². The average Bonchev–Trinajstić information content (AvgIpc) is 2.71. The second kappa shape index (κ2) is 4.88. The normalized spacial score (nSPS) is 10.9. The number of carbonyl (C=O) groups is 1. The van der Waals surface area contributed by atoms with Crippen molar-refractivity contribution in [3.63, 3.8) is 0 Å². The number of carbonyl (C=O) groups excluding carboxylic acids is 1. The number of fused-ring (bicyclic) bond motifs is 1. The number of nitrogens with zero attached hydrogens (tertiary/aromatic N) is 3. The van der Waals surface area contributed by atoms with E-state index in [2.05, 4.69) is 14.9 Å². The van der Waals surface area contributed by atoms with Gasteiger partial charge in [0, 0.05) is 24.4 Å². The Morgan fingerprint density at radius 2 is 2.39 bits per heavy atom. The number of non-ortho nitro benzene ring substituents is 1. The highest BCUT2D eigenvalue weighted by Gasteiger charge is 2.11. The number of Topliss-reactive ketones (excluding diaryl/α,β-unsaturated/α-hetero) is 1. The maximum atomic E-state index is 10.7. The Labute approximate surface area is 105 Å². The molecule has 0 bridgehead atoms. The summed E-state index contributed by atoms with van der Waals surface area (Å²) in [5, 5.41) is 15.6. The molecular weight excluding hydrogens is 256 g/mol. The first-order valence-corrected chi connectivity index (χ1v) is 5.69. The highest BCUT2D eigenvalue weighted by molar-refractivity contribution is 7.11. The van der Waals surface area contributed by atoms with Crippen LogP contribution in [0.5, 0.6) is 0 Å². The molecule has 0 fully saturated rings. The predicted molar refractivity (Wildman–Crippen MR) is 69.1 cm³/mol. The van der Waals surface area contributed by atoms with Gasteiger partial charge in [0.15, 0.2) is 5.78 Å². The minimum atomic E-state index is -0.472. The Bertz CT molecular complexity index is 650. The summed E-state index contributed by atoms with van der Waals surface area (Å²) >= 11 is 1.13. The van der Waals surface area contributed by atoms with Crippen molar-refractivity contribution in [1.82, 2.24) is 4.37 Å². The van der Waals surface area contributed by atoms with E-state index >= 15 is 0 Å². The molecule has 0 radical (unpaired) electrons. The molecule has 0 aliphatic rings. The molecular formula is C10H8N4O3S. The van der Waals surface area contributed by atoms with E-state index in [4.69, 9.17) is 0 Å². The molecule has 18 heavy (non-hydrogen) atoms. The van der Waals surface area contributed by atoms with Crippen LogP contribution in [-0.4, -0.2) is 21.3 Å². The Kier molecular flexibility index (Phi) is 3.28. The van der Waals surface area contributed by atoms with Crippen molar-refractivity contribution in [1.29, 1.82) is 0 Å². The van der Waals surface area contributed by atoms with E-state index in [1.165, 1.54) is 19.1 Å². The van der Waals surface area contributed by atoms with E-state index in [-0.39, 0.29) is 11.5 Å². The lowest BCUT2D eigenvalue weighted by atomic mass is 10.2. The number of benzene rings is 1. The van der Waals surface area contributed by atoms with Crippen molar-refractivity contribution in [2.24, 2.45) is 5.10 Å². The monoisotopic (exact) mass is 264 g/mol. The van der Waals surface area contributed by atoms with E-state index in [1.807, 2.05) is 0 Å². The van der Waals surface area contributed by atoms with Gasteiger partial charge >= 0.3 is 0 Å². The third-order valence-electron chi connectivity index (χ3n) is 2.08. The van der Waals surface area contributed by atoms with Gasteiger partial charge in [0.2, 0.25) is 0 Å². The van der Waals surface area contributed by atoms with E-state index < -0.39 is 4.92 Å². The van der Waals surface area contributed by atoms with E-state index in [0.717, 1.165) is 17.7 Å². The molecule has 7 nitrogen and oxygen atoms in total. The second-order valence-corrected chi connectivity index (χ2v) is 4.22. The van der Waals surface area contributed by atoms with E-state index in [0.29, 0.717) is 15.9 Å². The SMILES string of the molecule is CC(=O)C=NNc1snc2ccc([N+](=O)[O-])cc12. The molecule has 1 heterocycles. The zero-order valence-electron chi connectivity index (χ0n) is 9.28. The van der Waals surface area contributed by atoms with Crippen molar-refractivity contribution in [2.45, 2.75) is 6.92 Å². The van der Waals surface area contributed by atoms with Gasteiger partial charge in [0.25, 0.3) is 5.69 Å². The zero-order chi connectivity index (χ0) is 13.1. The Balaban J connectivity index is 2.36. The Morgan fingerprint density at radius 1 is 1.61 bits per heavy atom. The lowest BCUT2D eigenvalue weighted by Gasteiger charge is -1.95. The minimum Gasteiger partial charge on any atom is -0.293 e. The van der Waals surface area contributed by atoms with Gasteiger partial charge in [-0.3, -0.25) is 20.3 Å². The first-order valence-electron chi connectivity index (χ1n) is 4.91. The largest absolute Gasteiger partial charge is 0.293 e. The molecule has 0 aliphatic carbocycles. The molecule has 0 unspecified atom stereocenters. The van der Waals surface area contributed by atoms with Crippen molar-refractivity contribution in [2.75, 3.05) is 5.43 Å². The first-order chi connectivity index (χ1) is 8.58. The van der Waals surface area contributed by atoms with Crippen LogP contribution < -0.4 is 5.43 Å². The average molecular weight is 264 g/mol. The van der Waals surface area contributed by atoms with Gasteiger partial charge in [0.05, 0.1) is 16.7 Å². The quantitative estimate of drug-likeness (QED) is 0.518. The highest BCUT2D eigenvalue weighted by atomic mass is 32.1. The van der Waals surface area contributed by atoms with Crippen LogP contribution in [-0.2, 0) is 4.79 Å². The van der Waals surface area contributed by atoms with Gasteiger partial charge in [-0.2, -0.15) is 9.47 Å². The molecule has 2 rings (SSSR count). The van der Waals surface area contributed by atoms with Crippen molar-refractivity contribution >= 4 is 45.1 Å². The summed E-state index contributed by atoms with van der Waals surface area (Å²) in [5.41, 5.74) is 3.28. The van der Waals surface area contributed by atoms with Crippen LogP contribution >= 0.6 is 11.5 Å². The number of rotatable bonds is 4. The number of hydrogen-bond acceptors (Lipinski definition) is 7. The van der Waals surface area contributed by atoms with Crippen LogP contribution in [0.15, 0.2) is 23.3 Å². The molecule has 0 saturated carbocycles. The molecule has 2 aromatic rings. The van der Waals surface area contributed by atoms with Gasteiger partial charge < -0.3 is 0 Å². The maximum absolute atomic E-state index is 10.7. The molecule has 0 spiro atoms. The summed E-state index contributed by atoms with van der Waals surface area (Å²) in [6.45, 7) is 1.38. The summed E-state index contributed by atoms with van der Waals surface area (Å²) in [5.74, 6) is -0.192. The molecule has 1 aromatic heterocycles. The van der Waals surface area contributed by atoms with E-state index in [9.17, 15) is 14.9 Å². The van der Waals surface area contributed by atoms with Crippen LogP contribution in [0.4, 0.5) is 10.7 Å². The van der Waals surface area contributed by atoms with Gasteiger partial charge in [-0.15, -0.1) is 0 Å². The van der Waals surface area contributed by atoms with Crippen molar-refractivity contribution < 1.29 is 9.72 Å². The van der Waals surface area contributed by atoms with Gasteiger partial charge in [-0.25, -0.2) is 0 Å². The number of nitrogens with one attached hydrogen (secondary N) is 1. The summed E-state index contributed by atoms with van der Waals surface area (Å²) in [6.07, 6.45) is 1.13. The zero-order valence-corrected chi connectivity index (χ0v) is 10.1. The van der Waals surface area contributed by atoms with Gasteiger partial charge in [-0.1, -0.05) is 0 Å². The number of nitro benzene ring substituents is 1. The maximum Gasteiger partial charge on any atom is 0.270 e. The fourth-order valence-electron chi connectivity index (χ4n) is 1.31. The van der Waals surface area contributed by atoms with Crippen LogP contribution in [0.1, 0.15) is 6.92 Å². The number of anilines is 1. The van der Waals surface area contributed by atoms with Crippen molar-refractivity contribution in [3.05, 3.63) is 28.3 Å². The second-order valence-electron chi connectivity index (χ2n) is 3.45. The lowest BCUT2D eigenvalue weighted by Crippen LogP contribution is -1.94. The fraction of sp³-hybridized carbons (Fsp3) is 0.100. The summed E-state index contributed by atoms with van der Waals surface area (Å²) in [6, 6.07) is 4.39. The van der Waals surface area contributed by atoms with Crippen LogP contribution in [0.3, 0.4) is 0 Å². The third-order valence-corrected chi connectivity index (χ3v) is 2.87. The van der Waals surface area contributed by atoms with Crippen LogP contribution in [0.25, 0.3) is 10.9 Å². The molecule has 92 valence electrons. The van der Waals surface area contributed by atoms with E-state index in [1.54, 1.807) is 6.07 Å². The first kappa shape index (κ1) is 12.1. The Hall–Kier alpha value is -2.35. The summed E-state index contributed by atoms with van der Waals surface area (Å²) in [4.78, 5) is 20.9. The van der Waals surface area contributed by atoms with Crippen molar-refractivity contribution in [3.8, 4) is 0 Å². The summed E-state index contributed by atoms with van der Waals surface area (Å²) in [7, 11) is 0. The van der Waals surface area contributed by atoms with Gasteiger partial charge in [-0.05, 0) is 17.6 Å². The number of aromatic nitrogens is 1. The minimum absolute atomic E-state index is 0.0127. The van der Waals surface area contributed by atoms with Crippen LogP contribution in [0.2, 0.25) is 0 Å². The molecule has 0 saturated heterocycles. The number of hydrogen-bond donors (Lipinski definition) is 1. The third kappa shape index (κ3) is 2.48. The molecule has 1 aromatic carbocycles. The molecule has 0 amide bonds. The molecule has 0 atom stereocenters. The smallest absolute Gasteiger partial charge is 0.270 e. The Morgan fingerprint density at radius 3 is 3.06 bits per heavy atom. The molecule has 8 heteroatoms. The standard InChI is InChI=1S/C10H8N4O3S/c1-6(15)5-11-12-10-8-4-7(14(16)17)2-3-9(8)13-18-10/h2-5,12H,1H3. The fourth-order valence-corrected chi connectivity index (χ4v) is 2.01. The molecule has 1 N–H and O–H groups in total. The van der Waals surface area contributed by atoms with Gasteiger partial charge in [0.1, 0.15) is 5.00 Å². The lowest BCUT2D eigenvalue weighted by molar-refractivity contribution is -0.384. The number of ketones is 1. The number of hydrazone groups is 1. The molecule has 0 aliphatic heterocycles. The number of nitro groups is 1. The predicted octanol–water partition coefficient (Wildman–Crippen LogP) is 2.19. The highest BCUT2D eigenvalue weighted by Crippen LogP contribution is 2.30. The topological polar surface area (TPSA) is 97.5 Å².